The minimum Gasteiger partial charge on any atom is -0.480 e. The monoisotopic (exact) mass is 242 g/mol. The number of carboxylic acids is 1. The van der Waals surface area contributed by atoms with Gasteiger partial charge in [-0.1, -0.05) is 36.4 Å². The SMILES string of the molecule is N[C@H](Cc1ccc(-c2ccccc2)nc1)C(=O)O. The average Bonchev–Trinajstić information content (AvgIpc) is 2.40. The Morgan fingerprint density at radius 1 is 1.22 bits per heavy atom. The van der Waals surface area contributed by atoms with Crippen LogP contribution in [0.5, 0.6) is 0 Å². The molecular formula is C14H14N2O2. The van der Waals surface area contributed by atoms with Crippen LogP contribution in [0, 0.1) is 0 Å². The number of hydrogen-bond donors (Lipinski definition) is 2. The van der Waals surface area contributed by atoms with Crippen LogP contribution in [0.2, 0.25) is 0 Å². The van der Waals surface area contributed by atoms with E-state index in [9.17, 15) is 4.79 Å². The molecule has 4 nitrogen and oxygen atoms in total. The molecule has 2 rings (SSSR count). The lowest BCUT2D eigenvalue weighted by Gasteiger charge is -2.07. The van der Waals surface area contributed by atoms with Gasteiger partial charge in [0.2, 0.25) is 0 Å². The predicted molar refractivity (Wildman–Crippen MR) is 69.0 cm³/mol. The molecule has 1 atom stereocenters. The lowest BCUT2D eigenvalue weighted by atomic mass is 10.1. The Morgan fingerprint density at radius 2 is 1.94 bits per heavy atom. The summed E-state index contributed by atoms with van der Waals surface area (Å²) < 4.78 is 0. The van der Waals surface area contributed by atoms with E-state index in [1.54, 1.807) is 6.20 Å². The first-order valence-corrected chi connectivity index (χ1v) is 5.65. The van der Waals surface area contributed by atoms with Crippen LogP contribution in [-0.4, -0.2) is 22.1 Å². The second kappa shape index (κ2) is 5.42. The molecule has 1 aromatic heterocycles. The fourth-order valence-electron chi connectivity index (χ4n) is 1.67. The Hall–Kier alpha value is -2.20. The fourth-order valence-corrected chi connectivity index (χ4v) is 1.67. The van der Waals surface area contributed by atoms with Gasteiger partial charge in [0.15, 0.2) is 0 Å². The molecule has 0 aliphatic heterocycles. The van der Waals surface area contributed by atoms with Crippen molar-refractivity contribution in [1.29, 1.82) is 0 Å². The molecule has 4 heteroatoms. The van der Waals surface area contributed by atoms with E-state index in [1.807, 2.05) is 42.5 Å². The molecule has 0 amide bonds. The highest BCUT2D eigenvalue weighted by atomic mass is 16.4. The van der Waals surface area contributed by atoms with Crippen molar-refractivity contribution >= 4 is 5.97 Å². The van der Waals surface area contributed by atoms with Crippen molar-refractivity contribution in [2.75, 3.05) is 0 Å². The van der Waals surface area contributed by atoms with Crippen LogP contribution in [0.25, 0.3) is 11.3 Å². The highest BCUT2D eigenvalue weighted by Crippen LogP contribution is 2.16. The number of pyridine rings is 1. The van der Waals surface area contributed by atoms with Gasteiger partial charge < -0.3 is 10.8 Å². The van der Waals surface area contributed by atoms with Crippen molar-refractivity contribution in [1.82, 2.24) is 4.98 Å². The number of hydrogen-bond acceptors (Lipinski definition) is 3. The van der Waals surface area contributed by atoms with Crippen LogP contribution >= 0.6 is 0 Å². The second-order valence-electron chi connectivity index (χ2n) is 4.07. The third kappa shape index (κ3) is 2.93. The van der Waals surface area contributed by atoms with Gasteiger partial charge in [-0.25, -0.2) is 0 Å². The first-order valence-electron chi connectivity index (χ1n) is 5.65. The van der Waals surface area contributed by atoms with Crippen molar-refractivity contribution in [3.8, 4) is 11.3 Å². The molecule has 92 valence electrons. The lowest BCUT2D eigenvalue weighted by Crippen LogP contribution is -2.32. The van der Waals surface area contributed by atoms with E-state index in [-0.39, 0.29) is 6.42 Å². The van der Waals surface area contributed by atoms with E-state index in [4.69, 9.17) is 10.8 Å². The number of aromatic nitrogens is 1. The summed E-state index contributed by atoms with van der Waals surface area (Å²) in [5.74, 6) is -0.998. The molecule has 0 bridgehead atoms. The van der Waals surface area contributed by atoms with E-state index in [1.165, 1.54) is 0 Å². The van der Waals surface area contributed by atoms with E-state index >= 15 is 0 Å². The van der Waals surface area contributed by atoms with Crippen molar-refractivity contribution in [2.45, 2.75) is 12.5 Å². The zero-order valence-electron chi connectivity index (χ0n) is 9.78. The number of carboxylic acid groups (broad SMARTS) is 1. The Bertz CT molecular complexity index is 523. The molecular weight excluding hydrogens is 228 g/mol. The average molecular weight is 242 g/mol. The molecule has 0 unspecified atom stereocenters. The summed E-state index contributed by atoms with van der Waals surface area (Å²) in [7, 11) is 0. The summed E-state index contributed by atoms with van der Waals surface area (Å²) in [5, 5.41) is 8.73. The van der Waals surface area contributed by atoms with Gasteiger partial charge >= 0.3 is 5.97 Å². The van der Waals surface area contributed by atoms with E-state index < -0.39 is 12.0 Å². The fraction of sp³-hybridized carbons (Fsp3) is 0.143. The first kappa shape index (κ1) is 12.3. The zero-order valence-corrected chi connectivity index (χ0v) is 9.78. The smallest absolute Gasteiger partial charge is 0.320 e. The third-order valence-corrected chi connectivity index (χ3v) is 2.67. The molecule has 0 fully saturated rings. The van der Waals surface area contributed by atoms with Crippen LogP contribution < -0.4 is 5.73 Å². The van der Waals surface area contributed by atoms with Crippen LogP contribution in [0.15, 0.2) is 48.7 Å². The Balaban J connectivity index is 2.13. The van der Waals surface area contributed by atoms with Gasteiger partial charge in [0.25, 0.3) is 0 Å². The van der Waals surface area contributed by atoms with Gasteiger partial charge in [0.05, 0.1) is 5.69 Å². The van der Waals surface area contributed by atoms with Gasteiger partial charge in [0.1, 0.15) is 6.04 Å². The highest BCUT2D eigenvalue weighted by molar-refractivity contribution is 5.73. The summed E-state index contributed by atoms with van der Waals surface area (Å²) in [5.41, 5.74) is 8.19. The van der Waals surface area contributed by atoms with E-state index in [2.05, 4.69) is 4.98 Å². The number of rotatable bonds is 4. The molecule has 0 radical (unpaired) electrons. The molecule has 0 aliphatic rings. The Morgan fingerprint density at radius 3 is 2.50 bits per heavy atom. The summed E-state index contributed by atoms with van der Waals surface area (Å²) >= 11 is 0. The minimum absolute atomic E-state index is 0.289. The van der Waals surface area contributed by atoms with Gasteiger partial charge in [-0.2, -0.15) is 0 Å². The van der Waals surface area contributed by atoms with Gasteiger partial charge in [0, 0.05) is 11.8 Å². The van der Waals surface area contributed by atoms with Crippen LogP contribution in [0.4, 0.5) is 0 Å². The summed E-state index contributed by atoms with van der Waals surface area (Å²) in [6.45, 7) is 0. The third-order valence-electron chi connectivity index (χ3n) is 2.67. The quantitative estimate of drug-likeness (QED) is 0.855. The summed E-state index contributed by atoms with van der Waals surface area (Å²) in [6.07, 6.45) is 1.96. The normalized spacial score (nSPS) is 12.1. The maximum Gasteiger partial charge on any atom is 0.320 e. The number of carbonyl (C=O) groups is 1. The van der Waals surface area contributed by atoms with Gasteiger partial charge in [-0.3, -0.25) is 9.78 Å². The number of benzene rings is 1. The predicted octanol–water partition coefficient (Wildman–Crippen LogP) is 1.70. The molecule has 1 aromatic carbocycles. The summed E-state index contributed by atoms with van der Waals surface area (Å²) in [4.78, 5) is 15.0. The second-order valence-corrected chi connectivity index (χ2v) is 4.07. The number of aliphatic carboxylic acids is 1. The number of nitrogens with zero attached hydrogens (tertiary/aromatic N) is 1. The minimum atomic E-state index is -0.998. The maximum atomic E-state index is 10.6. The first-order chi connectivity index (χ1) is 8.66. The molecule has 0 aliphatic carbocycles. The molecule has 0 saturated carbocycles. The van der Waals surface area contributed by atoms with E-state index in [0.717, 1.165) is 16.8 Å². The molecule has 3 N–H and O–H groups in total. The van der Waals surface area contributed by atoms with Gasteiger partial charge in [-0.05, 0) is 18.1 Å². The molecule has 2 aromatic rings. The van der Waals surface area contributed by atoms with Crippen LogP contribution in [0.1, 0.15) is 5.56 Å². The molecule has 1 heterocycles. The van der Waals surface area contributed by atoms with Crippen molar-refractivity contribution in [3.63, 3.8) is 0 Å². The lowest BCUT2D eigenvalue weighted by molar-refractivity contribution is -0.138. The van der Waals surface area contributed by atoms with Crippen LogP contribution in [0.3, 0.4) is 0 Å². The number of nitrogens with two attached hydrogens (primary N) is 1. The molecule has 0 spiro atoms. The van der Waals surface area contributed by atoms with E-state index in [0.29, 0.717) is 0 Å². The molecule has 0 saturated heterocycles. The Labute approximate surface area is 105 Å². The maximum absolute atomic E-state index is 10.6. The van der Waals surface area contributed by atoms with Gasteiger partial charge in [-0.15, -0.1) is 0 Å². The molecule has 18 heavy (non-hydrogen) atoms. The summed E-state index contributed by atoms with van der Waals surface area (Å²) in [6, 6.07) is 12.7. The zero-order chi connectivity index (χ0) is 13.0. The highest BCUT2D eigenvalue weighted by Gasteiger charge is 2.12. The van der Waals surface area contributed by atoms with Crippen molar-refractivity contribution in [2.24, 2.45) is 5.73 Å². The standard InChI is InChI=1S/C14H14N2O2/c15-12(14(17)18)8-10-6-7-13(16-9-10)11-4-2-1-3-5-11/h1-7,9,12H,8,15H2,(H,17,18)/t12-/m1/s1. The van der Waals surface area contributed by atoms with Crippen molar-refractivity contribution in [3.05, 3.63) is 54.2 Å². The Kier molecular flexibility index (Phi) is 3.69. The topological polar surface area (TPSA) is 76.2 Å². The largest absolute Gasteiger partial charge is 0.480 e. The van der Waals surface area contributed by atoms with Crippen molar-refractivity contribution < 1.29 is 9.90 Å². The van der Waals surface area contributed by atoms with Crippen LogP contribution in [-0.2, 0) is 11.2 Å².